The van der Waals surface area contributed by atoms with Crippen LogP contribution in [0.1, 0.15) is 25.3 Å². The second-order valence-corrected chi connectivity index (χ2v) is 9.60. The average Bonchev–Trinajstić information content (AvgIpc) is 3.03. The molecule has 0 radical (unpaired) electrons. The van der Waals surface area contributed by atoms with Gasteiger partial charge in [0, 0.05) is 0 Å². The van der Waals surface area contributed by atoms with Gasteiger partial charge in [-0.05, 0) is 43.7 Å². The summed E-state index contributed by atoms with van der Waals surface area (Å²) in [5, 5.41) is 36.4. The Labute approximate surface area is 192 Å². The SMILES string of the molecule is CSC1O[C@H]([C@H](NC(=O)[C@@H]2CC=C(c3ccccc3)CCN2)[C@H](C)Cl)C(O)C(O)[C@H]1O. The number of aliphatic hydroxyl groups excluding tert-OH is 3. The van der Waals surface area contributed by atoms with Crippen LogP contribution in [0.4, 0.5) is 0 Å². The fourth-order valence-corrected chi connectivity index (χ4v) is 4.91. The van der Waals surface area contributed by atoms with Gasteiger partial charge in [-0.1, -0.05) is 36.4 Å². The molecule has 2 heterocycles. The lowest BCUT2D eigenvalue weighted by Gasteiger charge is -2.44. The molecule has 9 heteroatoms. The monoisotopic (exact) mass is 470 g/mol. The molecule has 2 aliphatic heterocycles. The van der Waals surface area contributed by atoms with E-state index in [1.54, 1.807) is 13.2 Å². The Morgan fingerprint density at radius 3 is 2.58 bits per heavy atom. The first-order valence-electron chi connectivity index (χ1n) is 10.5. The molecule has 7 nitrogen and oxygen atoms in total. The van der Waals surface area contributed by atoms with Crippen LogP contribution in [0.15, 0.2) is 36.4 Å². The van der Waals surface area contributed by atoms with Crippen molar-refractivity contribution in [2.45, 2.75) is 67.1 Å². The van der Waals surface area contributed by atoms with Crippen molar-refractivity contribution in [2.24, 2.45) is 0 Å². The minimum absolute atomic E-state index is 0.250. The highest BCUT2D eigenvalue weighted by Crippen LogP contribution is 2.30. The number of ether oxygens (including phenoxy) is 1. The molecule has 1 fully saturated rings. The van der Waals surface area contributed by atoms with Gasteiger partial charge in [0.2, 0.25) is 5.91 Å². The number of carbonyl (C=O) groups excluding carboxylic acids is 1. The van der Waals surface area contributed by atoms with Crippen molar-refractivity contribution in [3.8, 4) is 0 Å². The molecule has 3 rings (SSSR count). The zero-order valence-corrected chi connectivity index (χ0v) is 19.2. The normalized spacial score (nSPS) is 33.7. The highest BCUT2D eigenvalue weighted by molar-refractivity contribution is 7.99. The molecule has 1 amide bonds. The van der Waals surface area contributed by atoms with E-state index in [-0.39, 0.29) is 5.91 Å². The predicted molar refractivity (Wildman–Crippen MR) is 123 cm³/mol. The summed E-state index contributed by atoms with van der Waals surface area (Å²) in [4.78, 5) is 13.0. The van der Waals surface area contributed by atoms with E-state index in [2.05, 4.69) is 28.8 Å². The molecule has 1 saturated heterocycles. The highest BCUT2D eigenvalue weighted by atomic mass is 35.5. The van der Waals surface area contributed by atoms with E-state index in [1.165, 1.54) is 17.3 Å². The van der Waals surface area contributed by atoms with Gasteiger partial charge in [0.1, 0.15) is 29.9 Å². The third-order valence-corrected chi connectivity index (χ3v) is 6.97. The Hall–Kier alpha value is -1.13. The number of rotatable bonds is 6. The summed E-state index contributed by atoms with van der Waals surface area (Å²) in [6.07, 6.45) is 0.195. The largest absolute Gasteiger partial charge is 0.388 e. The number of nitrogens with one attached hydrogen (secondary N) is 2. The van der Waals surface area contributed by atoms with Crippen molar-refractivity contribution < 1.29 is 24.9 Å². The number of carbonyl (C=O) groups is 1. The van der Waals surface area contributed by atoms with Crippen LogP contribution in [0.2, 0.25) is 0 Å². The number of halogens is 1. The van der Waals surface area contributed by atoms with Gasteiger partial charge in [-0.25, -0.2) is 0 Å². The van der Waals surface area contributed by atoms with Gasteiger partial charge in [0.15, 0.2) is 0 Å². The van der Waals surface area contributed by atoms with Gasteiger partial charge in [0.05, 0.1) is 17.5 Å². The number of thioether (sulfide) groups is 1. The zero-order chi connectivity index (χ0) is 22.5. The topological polar surface area (TPSA) is 111 Å². The fraction of sp³-hybridized carbons (Fsp3) is 0.591. The Balaban J connectivity index is 1.70. The number of amides is 1. The maximum Gasteiger partial charge on any atom is 0.237 e. The van der Waals surface area contributed by atoms with E-state index >= 15 is 0 Å². The molecule has 0 aromatic heterocycles. The lowest BCUT2D eigenvalue weighted by atomic mass is 9.93. The summed E-state index contributed by atoms with van der Waals surface area (Å²) in [6, 6.07) is 8.88. The van der Waals surface area contributed by atoms with Gasteiger partial charge in [-0.2, -0.15) is 0 Å². The molecule has 2 aliphatic rings. The Morgan fingerprint density at radius 2 is 1.94 bits per heavy atom. The fourth-order valence-electron chi connectivity index (χ4n) is 4.03. The maximum atomic E-state index is 13.0. The van der Waals surface area contributed by atoms with Gasteiger partial charge >= 0.3 is 0 Å². The molecule has 3 unspecified atom stereocenters. The second kappa shape index (κ2) is 11.1. The Bertz CT molecular complexity index is 764. The van der Waals surface area contributed by atoms with Gasteiger partial charge < -0.3 is 30.7 Å². The molecule has 172 valence electrons. The third-order valence-electron chi connectivity index (χ3n) is 5.84. The Kier molecular flexibility index (Phi) is 8.81. The molecule has 5 N–H and O–H groups in total. The van der Waals surface area contributed by atoms with Crippen molar-refractivity contribution in [1.29, 1.82) is 0 Å². The average molecular weight is 471 g/mol. The molecule has 0 aliphatic carbocycles. The number of hydrogen-bond acceptors (Lipinski definition) is 7. The number of alkyl halides is 1. The molecule has 1 aromatic rings. The summed E-state index contributed by atoms with van der Waals surface area (Å²) < 4.78 is 5.81. The summed E-state index contributed by atoms with van der Waals surface area (Å²) in [7, 11) is 0. The van der Waals surface area contributed by atoms with Crippen LogP contribution in [-0.2, 0) is 9.53 Å². The van der Waals surface area contributed by atoms with Crippen molar-refractivity contribution in [1.82, 2.24) is 10.6 Å². The lowest BCUT2D eigenvalue weighted by molar-refractivity contribution is -0.205. The molecule has 0 saturated carbocycles. The molecule has 8 atom stereocenters. The first-order chi connectivity index (χ1) is 14.8. The molecular weight excluding hydrogens is 440 g/mol. The molecular formula is C22H31ClN2O5S. The number of hydrogen-bond donors (Lipinski definition) is 5. The van der Waals surface area contributed by atoms with Gasteiger partial charge in [0.25, 0.3) is 0 Å². The minimum Gasteiger partial charge on any atom is -0.388 e. The summed E-state index contributed by atoms with van der Waals surface area (Å²) in [6.45, 7) is 2.35. The second-order valence-electron chi connectivity index (χ2n) is 7.98. The van der Waals surface area contributed by atoms with Crippen molar-refractivity contribution >= 4 is 34.8 Å². The van der Waals surface area contributed by atoms with E-state index in [4.69, 9.17) is 16.3 Å². The Morgan fingerprint density at radius 1 is 1.23 bits per heavy atom. The van der Waals surface area contributed by atoms with Crippen LogP contribution in [0.5, 0.6) is 0 Å². The van der Waals surface area contributed by atoms with Crippen LogP contribution in [0.25, 0.3) is 5.57 Å². The van der Waals surface area contributed by atoms with Crippen LogP contribution >= 0.6 is 23.4 Å². The first-order valence-corrected chi connectivity index (χ1v) is 12.2. The first kappa shape index (κ1) is 24.5. The molecule has 0 bridgehead atoms. The highest BCUT2D eigenvalue weighted by Gasteiger charge is 2.48. The quantitative estimate of drug-likeness (QED) is 0.396. The maximum absolute atomic E-state index is 13.0. The standard InChI is InChI=1S/C22H31ClN2O5S/c1-12(23)16(20-18(27)17(26)19(28)22(30-20)31-2)25-21(29)15-9-8-14(10-11-24-15)13-6-4-3-5-7-13/h3-8,12,15-20,22,24,26-28H,9-11H2,1-2H3,(H,25,29)/t12-,15-,16+,17?,18?,19+,20+,22?/m0/s1. The van der Waals surface area contributed by atoms with E-state index in [1.807, 2.05) is 18.2 Å². The van der Waals surface area contributed by atoms with Crippen LogP contribution in [-0.4, -0.2) is 81.3 Å². The molecule has 31 heavy (non-hydrogen) atoms. The van der Waals surface area contributed by atoms with Crippen molar-refractivity contribution in [3.63, 3.8) is 0 Å². The molecule has 1 aromatic carbocycles. The lowest BCUT2D eigenvalue weighted by Crippen LogP contribution is -2.65. The van der Waals surface area contributed by atoms with E-state index in [0.29, 0.717) is 13.0 Å². The van der Waals surface area contributed by atoms with E-state index < -0.39 is 47.3 Å². The molecule has 0 spiro atoms. The van der Waals surface area contributed by atoms with E-state index in [0.717, 1.165) is 12.0 Å². The van der Waals surface area contributed by atoms with Crippen molar-refractivity contribution in [2.75, 3.05) is 12.8 Å². The van der Waals surface area contributed by atoms with Crippen LogP contribution in [0, 0.1) is 0 Å². The minimum atomic E-state index is -1.39. The number of aliphatic hydroxyl groups is 3. The van der Waals surface area contributed by atoms with Crippen molar-refractivity contribution in [3.05, 3.63) is 42.0 Å². The van der Waals surface area contributed by atoms with Crippen LogP contribution in [0.3, 0.4) is 0 Å². The summed E-state index contributed by atoms with van der Waals surface area (Å²) >= 11 is 7.57. The zero-order valence-electron chi connectivity index (χ0n) is 17.6. The predicted octanol–water partition coefficient (Wildman–Crippen LogP) is 1.10. The van der Waals surface area contributed by atoms with Gasteiger partial charge in [-0.15, -0.1) is 23.4 Å². The summed E-state index contributed by atoms with van der Waals surface area (Å²) in [5.41, 5.74) is 1.61. The smallest absolute Gasteiger partial charge is 0.237 e. The van der Waals surface area contributed by atoms with Gasteiger partial charge in [-0.3, -0.25) is 4.79 Å². The summed E-state index contributed by atoms with van der Waals surface area (Å²) in [5.74, 6) is -0.250. The van der Waals surface area contributed by atoms with E-state index in [9.17, 15) is 20.1 Å². The van der Waals surface area contributed by atoms with Crippen LogP contribution < -0.4 is 10.6 Å². The third kappa shape index (κ3) is 5.82. The number of benzene rings is 1.